The maximum Gasteiger partial charge on any atom is 0.127 e. The highest BCUT2D eigenvalue weighted by Crippen LogP contribution is 2.39. The second kappa shape index (κ2) is 6.81. The van der Waals surface area contributed by atoms with Crippen LogP contribution in [0.15, 0.2) is 47.4 Å². The van der Waals surface area contributed by atoms with E-state index in [1.54, 1.807) is 24.3 Å². The van der Waals surface area contributed by atoms with Crippen molar-refractivity contribution in [2.75, 3.05) is 0 Å². The smallest absolute Gasteiger partial charge is 0.127 e. The van der Waals surface area contributed by atoms with Crippen LogP contribution in [0.3, 0.4) is 0 Å². The fraction of sp³-hybridized carbons (Fsp3) is 0.200. The first-order valence-electron chi connectivity index (χ1n) is 6.10. The number of halogens is 3. The summed E-state index contributed by atoms with van der Waals surface area (Å²) in [5.74, 6) is -0.248. The van der Waals surface area contributed by atoms with Gasteiger partial charge in [-0.3, -0.25) is 0 Å². The van der Waals surface area contributed by atoms with E-state index < -0.39 is 0 Å². The normalized spacial score (nSPS) is 14.1. The largest absolute Gasteiger partial charge is 0.327 e. The van der Waals surface area contributed by atoms with Gasteiger partial charge in [-0.25, -0.2) is 4.39 Å². The molecule has 2 rings (SSSR count). The fourth-order valence-electron chi connectivity index (χ4n) is 1.86. The van der Waals surface area contributed by atoms with Gasteiger partial charge in [0.2, 0.25) is 0 Å². The number of nitrogens with two attached hydrogens (primary N) is 1. The van der Waals surface area contributed by atoms with E-state index in [2.05, 4.69) is 0 Å². The Hall–Kier alpha value is -0.740. The molecule has 20 heavy (non-hydrogen) atoms. The average molecular weight is 330 g/mol. The summed E-state index contributed by atoms with van der Waals surface area (Å²) < 4.78 is 13.9. The van der Waals surface area contributed by atoms with E-state index in [9.17, 15) is 4.39 Å². The lowest BCUT2D eigenvalue weighted by Crippen LogP contribution is -2.23. The number of rotatable bonds is 4. The van der Waals surface area contributed by atoms with Gasteiger partial charge in [0, 0.05) is 16.5 Å². The predicted molar refractivity (Wildman–Crippen MR) is 85.1 cm³/mol. The zero-order valence-electron chi connectivity index (χ0n) is 10.8. The van der Waals surface area contributed by atoms with Gasteiger partial charge < -0.3 is 5.73 Å². The lowest BCUT2D eigenvalue weighted by Gasteiger charge is -2.21. The molecule has 0 bridgehead atoms. The van der Waals surface area contributed by atoms with E-state index in [4.69, 9.17) is 28.9 Å². The zero-order chi connectivity index (χ0) is 14.7. The quantitative estimate of drug-likeness (QED) is 0.769. The molecule has 0 saturated heterocycles. The Bertz CT molecular complexity index is 604. The Balaban J connectivity index is 2.31. The minimum absolute atomic E-state index is 0.187. The van der Waals surface area contributed by atoms with Crippen molar-refractivity contribution in [2.45, 2.75) is 23.1 Å². The molecule has 0 aromatic heterocycles. The van der Waals surface area contributed by atoms with Crippen molar-refractivity contribution in [1.29, 1.82) is 0 Å². The van der Waals surface area contributed by atoms with Crippen LogP contribution in [0.2, 0.25) is 10.0 Å². The van der Waals surface area contributed by atoms with Crippen LogP contribution in [0.1, 0.15) is 17.7 Å². The molecule has 2 unspecified atom stereocenters. The molecular weight excluding hydrogens is 316 g/mol. The predicted octanol–water partition coefficient (Wildman–Crippen LogP) is 5.31. The van der Waals surface area contributed by atoms with Crippen molar-refractivity contribution in [2.24, 2.45) is 5.73 Å². The molecule has 0 radical (unpaired) electrons. The summed E-state index contributed by atoms with van der Waals surface area (Å²) >= 11 is 13.4. The molecule has 2 N–H and O–H groups in total. The maximum absolute atomic E-state index is 13.9. The minimum atomic E-state index is -0.248. The fourth-order valence-corrected chi connectivity index (χ4v) is 3.38. The Morgan fingerprint density at radius 3 is 2.40 bits per heavy atom. The Labute approximate surface area is 132 Å². The second-order valence-electron chi connectivity index (χ2n) is 4.49. The lowest BCUT2D eigenvalue weighted by molar-refractivity contribution is 0.592. The van der Waals surface area contributed by atoms with Crippen molar-refractivity contribution in [1.82, 2.24) is 0 Å². The summed E-state index contributed by atoms with van der Waals surface area (Å²) in [5, 5.41) is 0.793. The van der Waals surface area contributed by atoms with E-state index in [1.807, 2.05) is 19.1 Å². The van der Waals surface area contributed by atoms with Crippen LogP contribution < -0.4 is 5.73 Å². The van der Waals surface area contributed by atoms with Crippen molar-refractivity contribution >= 4 is 35.0 Å². The topological polar surface area (TPSA) is 26.0 Å². The van der Waals surface area contributed by atoms with Crippen LogP contribution in [0, 0.1) is 5.82 Å². The SMILES string of the molecule is CC(N)C(Sc1ccc(Cl)c(Cl)c1)c1ccccc1F. The van der Waals surface area contributed by atoms with Crippen LogP contribution in [-0.4, -0.2) is 6.04 Å². The first-order valence-corrected chi connectivity index (χ1v) is 7.74. The summed E-state index contributed by atoms with van der Waals surface area (Å²) in [6, 6.07) is 11.8. The molecule has 0 heterocycles. The number of hydrogen-bond donors (Lipinski definition) is 1. The molecule has 2 aromatic rings. The van der Waals surface area contributed by atoms with Crippen LogP contribution in [0.25, 0.3) is 0 Å². The van der Waals surface area contributed by atoms with Crippen molar-refractivity contribution in [3.05, 3.63) is 63.9 Å². The highest BCUT2D eigenvalue weighted by Gasteiger charge is 2.21. The number of thioether (sulfide) groups is 1. The third kappa shape index (κ3) is 3.67. The Morgan fingerprint density at radius 2 is 1.80 bits per heavy atom. The van der Waals surface area contributed by atoms with Gasteiger partial charge in [0.25, 0.3) is 0 Å². The standard InChI is InChI=1S/C15H14Cl2FNS/c1-9(19)15(11-4-2-3-5-14(11)18)20-10-6-7-12(16)13(17)8-10/h2-9,15H,19H2,1H3. The van der Waals surface area contributed by atoms with Gasteiger partial charge in [-0.05, 0) is 31.2 Å². The number of hydrogen-bond acceptors (Lipinski definition) is 2. The molecule has 5 heteroatoms. The molecule has 0 fully saturated rings. The van der Waals surface area contributed by atoms with Gasteiger partial charge in [-0.15, -0.1) is 11.8 Å². The van der Waals surface area contributed by atoms with Crippen LogP contribution >= 0.6 is 35.0 Å². The van der Waals surface area contributed by atoms with E-state index in [1.165, 1.54) is 17.8 Å². The molecule has 0 spiro atoms. The van der Waals surface area contributed by atoms with Crippen molar-refractivity contribution in [3.8, 4) is 0 Å². The van der Waals surface area contributed by atoms with Crippen molar-refractivity contribution < 1.29 is 4.39 Å². The van der Waals surface area contributed by atoms with Gasteiger partial charge in [-0.1, -0.05) is 41.4 Å². The first-order chi connectivity index (χ1) is 9.49. The molecular formula is C15H14Cl2FNS. The van der Waals surface area contributed by atoms with E-state index in [0.29, 0.717) is 15.6 Å². The second-order valence-corrected chi connectivity index (χ2v) is 6.52. The van der Waals surface area contributed by atoms with E-state index in [-0.39, 0.29) is 17.1 Å². The highest BCUT2D eigenvalue weighted by atomic mass is 35.5. The van der Waals surface area contributed by atoms with Gasteiger partial charge in [0.15, 0.2) is 0 Å². The third-order valence-corrected chi connectivity index (χ3v) is 5.05. The Morgan fingerprint density at radius 1 is 1.10 bits per heavy atom. The monoisotopic (exact) mass is 329 g/mol. The van der Waals surface area contributed by atoms with Gasteiger partial charge in [0.1, 0.15) is 5.82 Å². The van der Waals surface area contributed by atoms with Gasteiger partial charge in [-0.2, -0.15) is 0 Å². The van der Waals surface area contributed by atoms with E-state index in [0.717, 1.165) is 4.90 Å². The molecule has 2 aromatic carbocycles. The molecule has 2 atom stereocenters. The Kier molecular flexibility index (Phi) is 5.33. The van der Waals surface area contributed by atoms with E-state index >= 15 is 0 Å². The summed E-state index contributed by atoms with van der Waals surface area (Å²) in [5.41, 5.74) is 6.60. The van der Waals surface area contributed by atoms with Crippen LogP contribution in [0.5, 0.6) is 0 Å². The third-order valence-electron chi connectivity index (χ3n) is 2.84. The summed E-state index contributed by atoms with van der Waals surface area (Å²) in [6.07, 6.45) is 0. The van der Waals surface area contributed by atoms with Gasteiger partial charge >= 0.3 is 0 Å². The zero-order valence-corrected chi connectivity index (χ0v) is 13.1. The molecule has 106 valence electrons. The summed E-state index contributed by atoms with van der Waals surface area (Å²) in [7, 11) is 0. The average Bonchev–Trinajstić information content (AvgIpc) is 2.41. The van der Waals surface area contributed by atoms with Crippen LogP contribution in [-0.2, 0) is 0 Å². The highest BCUT2D eigenvalue weighted by molar-refractivity contribution is 7.99. The minimum Gasteiger partial charge on any atom is -0.327 e. The lowest BCUT2D eigenvalue weighted by atomic mass is 10.1. The molecule has 0 aliphatic heterocycles. The van der Waals surface area contributed by atoms with Crippen molar-refractivity contribution in [3.63, 3.8) is 0 Å². The van der Waals surface area contributed by atoms with Crippen LogP contribution in [0.4, 0.5) is 4.39 Å². The molecule has 0 amide bonds. The summed E-state index contributed by atoms with van der Waals surface area (Å²) in [6.45, 7) is 1.86. The maximum atomic E-state index is 13.9. The first kappa shape index (κ1) is 15.6. The van der Waals surface area contributed by atoms with Gasteiger partial charge in [0.05, 0.1) is 15.3 Å². The number of benzene rings is 2. The molecule has 0 saturated carbocycles. The molecule has 0 aliphatic rings. The molecule has 0 aliphatic carbocycles. The summed E-state index contributed by atoms with van der Waals surface area (Å²) in [4.78, 5) is 0.907. The molecule has 1 nitrogen and oxygen atoms in total.